The van der Waals surface area contributed by atoms with Crippen LogP contribution < -0.4 is 5.32 Å². The first-order valence-electron chi connectivity index (χ1n) is 10.3. The number of hydrogen-bond donors (Lipinski definition) is 1. The van der Waals surface area contributed by atoms with E-state index < -0.39 is 9.84 Å². The number of carbonyl (C=O) groups excluding carboxylic acids is 1. The third kappa shape index (κ3) is 3.68. The molecule has 2 aliphatic rings. The second kappa shape index (κ2) is 7.17. The highest BCUT2D eigenvalue weighted by atomic mass is 32.2. The monoisotopic (exact) mass is 435 g/mol. The maximum Gasteiger partial charge on any atom is 0.256 e. The van der Waals surface area contributed by atoms with Gasteiger partial charge >= 0.3 is 0 Å². The Bertz CT molecular complexity index is 1370. The summed E-state index contributed by atoms with van der Waals surface area (Å²) in [5.41, 5.74) is 3.52. The summed E-state index contributed by atoms with van der Waals surface area (Å²) in [4.78, 5) is 18.1. The predicted octanol–water partition coefficient (Wildman–Crippen LogP) is 3.10. The number of amides is 1. The summed E-state index contributed by atoms with van der Waals surface area (Å²) >= 11 is 0. The van der Waals surface area contributed by atoms with Gasteiger partial charge in [-0.3, -0.25) is 4.79 Å². The van der Waals surface area contributed by atoms with Crippen LogP contribution in [0.5, 0.6) is 0 Å². The van der Waals surface area contributed by atoms with Crippen molar-refractivity contribution >= 4 is 32.5 Å². The number of anilines is 1. The molecule has 3 heterocycles. The number of sulfone groups is 1. The average Bonchev–Trinajstić information content (AvgIpc) is 3.46. The average molecular weight is 436 g/mol. The molecule has 2 aromatic heterocycles. The van der Waals surface area contributed by atoms with Crippen LogP contribution in [-0.4, -0.2) is 40.6 Å². The topological polar surface area (TPSA) is 118 Å². The van der Waals surface area contributed by atoms with E-state index in [1.807, 2.05) is 13.0 Å². The lowest BCUT2D eigenvalue weighted by Crippen LogP contribution is -2.15. The van der Waals surface area contributed by atoms with Crippen LogP contribution in [0.1, 0.15) is 58.5 Å². The van der Waals surface area contributed by atoms with Gasteiger partial charge in [0, 0.05) is 17.3 Å². The Balaban J connectivity index is 1.60. The number of benzene rings is 1. The second-order valence-corrected chi connectivity index (χ2v) is 10.5. The lowest BCUT2D eigenvalue weighted by Gasteiger charge is -2.12. The van der Waals surface area contributed by atoms with Crippen LogP contribution in [0, 0.1) is 18.3 Å². The molecule has 0 spiro atoms. The van der Waals surface area contributed by atoms with Crippen molar-refractivity contribution in [2.45, 2.75) is 38.1 Å². The number of fused-ring (bicyclic) bond motifs is 1. The summed E-state index contributed by atoms with van der Waals surface area (Å²) in [6, 6.07) is 10.4. The maximum absolute atomic E-state index is 13.3. The fourth-order valence-electron chi connectivity index (χ4n) is 4.19. The van der Waals surface area contributed by atoms with Gasteiger partial charge in [-0.1, -0.05) is 6.07 Å². The van der Waals surface area contributed by atoms with Crippen molar-refractivity contribution < 1.29 is 13.2 Å². The zero-order chi connectivity index (χ0) is 21.8. The molecule has 1 aliphatic heterocycles. The molecule has 0 bridgehead atoms. The first-order valence-corrected chi connectivity index (χ1v) is 12.1. The number of carbonyl (C=O) groups is 1. The SMILES string of the molecule is Cc1nn([C@@H]2CCS(=O)(=O)C2)c2nc(C3CC3)cc(C(=O)Nc3cccc(C#N)c3)c12. The van der Waals surface area contributed by atoms with Crippen LogP contribution in [0.3, 0.4) is 0 Å². The van der Waals surface area contributed by atoms with Crippen molar-refractivity contribution in [3.63, 3.8) is 0 Å². The van der Waals surface area contributed by atoms with Crippen LogP contribution in [0.25, 0.3) is 11.0 Å². The summed E-state index contributed by atoms with van der Waals surface area (Å²) in [7, 11) is -3.09. The molecule has 8 nitrogen and oxygen atoms in total. The van der Waals surface area contributed by atoms with E-state index in [-0.39, 0.29) is 23.5 Å². The smallest absolute Gasteiger partial charge is 0.256 e. The molecule has 2 fully saturated rings. The van der Waals surface area contributed by atoms with E-state index in [0.717, 1.165) is 18.5 Å². The highest BCUT2D eigenvalue weighted by Crippen LogP contribution is 2.41. The number of nitrogens with zero attached hydrogens (tertiary/aromatic N) is 4. The first-order chi connectivity index (χ1) is 14.8. The molecule has 1 aliphatic carbocycles. The van der Waals surface area contributed by atoms with E-state index in [0.29, 0.717) is 45.9 Å². The van der Waals surface area contributed by atoms with Crippen molar-refractivity contribution in [2.75, 3.05) is 16.8 Å². The number of hydrogen-bond acceptors (Lipinski definition) is 6. The molecule has 0 unspecified atom stereocenters. The molecule has 1 saturated carbocycles. The Morgan fingerprint density at radius 1 is 1.26 bits per heavy atom. The molecule has 1 N–H and O–H groups in total. The Labute approximate surface area is 179 Å². The molecule has 9 heteroatoms. The molecule has 1 saturated heterocycles. The fourth-order valence-corrected chi connectivity index (χ4v) is 5.88. The van der Waals surface area contributed by atoms with E-state index in [2.05, 4.69) is 16.5 Å². The third-order valence-corrected chi connectivity index (χ3v) is 7.65. The third-order valence-electron chi connectivity index (χ3n) is 5.90. The molecule has 1 atom stereocenters. The van der Waals surface area contributed by atoms with Gasteiger partial charge in [0.25, 0.3) is 5.91 Å². The van der Waals surface area contributed by atoms with E-state index in [1.54, 1.807) is 28.9 Å². The number of nitrogens with one attached hydrogen (secondary N) is 1. The Hall–Kier alpha value is -3.25. The zero-order valence-corrected chi connectivity index (χ0v) is 17.8. The van der Waals surface area contributed by atoms with Crippen LogP contribution in [0.2, 0.25) is 0 Å². The number of aromatic nitrogens is 3. The summed E-state index contributed by atoms with van der Waals surface area (Å²) in [6.45, 7) is 1.81. The molecule has 0 radical (unpaired) electrons. The summed E-state index contributed by atoms with van der Waals surface area (Å²) < 4.78 is 25.8. The normalized spacial score (nSPS) is 19.9. The minimum Gasteiger partial charge on any atom is -0.322 e. The van der Waals surface area contributed by atoms with Crippen LogP contribution >= 0.6 is 0 Å². The van der Waals surface area contributed by atoms with Gasteiger partial charge in [0.1, 0.15) is 0 Å². The molecule has 31 heavy (non-hydrogen) atoms. The second-order valence-electron chi connectivity index (χ2n) is 8.30. The standard InChI is InChI=1S/C22H21N5O3S/c1-13-20-18(22(28)24-16-4-2-3-14(9-16)11-23)10-19(15-5-6-15)25-21(20)27(26-13)17-7-8-31(29,30)12-17/h2-4,9-10,15,17H,5-8,12H2,1H3,(H,24,28)/t17-/m1/s1. The Kier molecular flexibility index (Phi) is 4.55. The van der Waals surface area contributed by atoms with Gasteiger partial charge in [-0.25, -0.2) is 18.1 Å². The number of nitriles is 1. The molecule has 5 rings (SSSR count). The van der Waals surface area contributed by atoms with Crippen molar-refractivity contribution in [2.24, 2.45) is 0 Å². The zero-order valence-electron chi connectivity index (χ0n) is 17.0. The van der Waals surface area contributed by atoms with Crippen LogP contribution in [-0.2, 0) is 9.84 Å². The summed E-state index contributed by atoms with van der Waals surface area (Å²) in [5.74, 6) is 0.198. The summed E-state index contributed by atoms with van der Waals surface area (Å²) in [6.07, 6.45) is 2.54. The van der Waals surface area contributed by atoms with Gasteiger partial charge < -0.3 is 5.32 Å². The van der Waals surface area contributed by atoms with E-state index in [1.165, 1.54) is 0 Å². The largest absolute Gasteiger partial charge is 0.322 e. The number of pyridine rings is 1. The van der Waals surface area contributed by atoms with Gasteiger partial charge in [-0.05, 0) is 50.5 Å². The molecule has 1 aromatic carbocycles. The molecule has 1 amide bonds. The predicted molar refractivity (Wildman–Crippen MR) is 116 cm³/mol. The number of rotatable bonds is 4. The summed E-state index contributed by atoms with van der Waals surface area (Å²) in [5, 5.41) is 17.2. The van der Waals surface area contributed by atoms with Gasteiger partial charge in [0.05, 0.1) is 45.8 Å². The van der Waals surface area contributed by atoms with Crippen molar-refractivity contribution in [3.05, 3.63) is 52.8 Å². The van der Waals surface area contributed by atoms with Crippen molar-refractivity contribution in [1.82, 2.24) is 14.8 Å². The Morgan fingerprint density at radius 2 is 2.06 bits per heavy atom. The molecular weight excluding hydrogens is 414 g/mol. The lowest BCUT2D eigenvalue weighted by atomic mass is 10.1. The highest BCUT2D eigenvalue weighted by Gasteiger charge is 2.34. The van der Waals surface area contributed by atoms with E-state index in [4.69, 9.17) is 10.2 Å². The van der Waals surface area contributed by atoms with Gasteiger partial charge in [-0.15, -0.1) is 0 Å². The van der Waals surface area contributed by atoms with Crippen LogP contribution in [0.15, 0.2) is 30.3 Å². The minimum absolute atomic E-state index is 0.0427. The fraction of sp³-hybridized carbons (Fsp3) is 0.364. The Morgan fingerprint density at radius 3 is 2.74 bits per heavy atom. The van der Waals surface area contributed by atoms with Gasteiger partial charge in [0.15, 0.2) is 15.5 Å². The van der Waals surface area contributed by atoms with Crippen LogP contribution in [0.4, 0.5) is 5.69 Å². The lowest BCUT2D eigenvalue weighted by molar-refractivity contribution is 0.102. The van der Waals surface area contributed by atoms with E-state index in [9.17, 15) is 13.2 Å². The van der Waals surface area contributed by atoms with Crippen molar-refractivity contribution in [3.8, 4) is 6.07 Å². The molecular formula is C22H21N5O3S. The first kappa shape index (κ1) is 19.7. The number of aryl methyl sites for hydroxylation is 1. The quantitative estimate of drug-likeness (QED) is 0.673. The van der Waals surface area contributed by atoms with Gasteiger partial charge in [0.2, 0.25) is 0 Å². The van der Waals surface area contributed by atoms with E-state index >= 15 is 0 Å². The highest BCUT2D eigenvalue weighted by molar-refractivity contribution is 7.91. The maximum atomic E-state index is 13.3. The molecule has 158 valence electrons. The van der Waals surface area contributed by atoms with Gasteiger partial charge in [-0.2, -0.15) is 10.4 Å². The minimum atomic E-state index is -3.09. The van der Waals surface area contributed by atoms with Crippen molar-refractivity contribution in [1.29, 1.82) is 5.26 Å². The molecule has 3 aromatic rings.